The van der Waals surface area contributed by atoms with E-state index in [0.29, 0.717) is 31.7 Å². The number of para-hydroxylation sites is 1. The number of hydrogen-bond acceptors (Lipinski definition) is 8. The van der Waals surface area contributed by atoms with E-state index in [1.54, 1.807) is 4.90 Å². The Morgan fingerprint density at radius 1 is 1.18 bits per heavy atom. The Kier molecular flexibility index (Phi) is 7.32. The molecule has 1 aromatic carbocycles. The van der Waals surface area contributed by atoms with Gasteiger partial charge in [0.05, 0.1) is 34.9 Å². The molecule has 4 heterocycles. The molecule has 2 fully saturated rings. The summed E-state index contributed by atoms with van der Waals surface area (Å²) in [5.74, 6) is 1.64. The van der Waals surface area contributed by atoms with Gasteiger partial charge in [-0.3, -0.25) is 4.79 Å². The number of piperazine rings is 1. The van der Waals surface area contributed by atoms with Crippen molar-refractivity contribution >= 4 is 35.0 Å². The van der Waals surface area contributed by atoms with Gasteiger partial charge >= 0.3 is 0 Å². The van der Waals surface area contributed by atoms with Crippen molar-refractivity contribution in [3.8, 4) is 6.07 Å². The number of carbonyl (C=O) groups excluding carboxylic acids is 1. The third-order valence-corrected chi connectivity index (χ3v) is 9.38. The normalized spacial score (nSPS) is 22.6. The minimum absolute atomic E-state index is 0.118. The number of hydrogen-bond donors (Lipinski definition) is 0. The lowest BCUT2D eigenvalue weighted by Crippen LogP contribution is -2.58. The number of carbonyl (C=O) groups is 1. The SMILES string of the molecule is C=CC(=O)N1CCN(c2nc(N3CC(N(C)C)C3)nc3c2CCC(N2CCc4cccc(Cl)c42)C3)CC1CC#N. The summed E-state index contributed by atoms with van der Waals surface area (Å²) >= 11 is 6.69. The molecule has 0 bridgehead atoms. The summed E-state index contributed by atoms with van der Waals surface area (Å²) in [7, 11) is 4.23. The van der Waals surface area contributed by atoms with Crippen LogP contribution in [0, 0.1) is 11.3 Å². The Bertz CT molecular complexity index is 1350. The summed E-state index contributed by atoms with van der Waals surface area (Å²) in [6.07, 6.45) is 5.40. The molecule has 2 atom stereocenters. The third-order valence-electron chi connectivity index (χ3n) is 9.08. The van der Waals surface area contributed by atoms with Gasteiger partial charge in [-0.15, -0.1) is 0 Å². The zero-order valence-corrected chi connectivity index (χ0v) is 24.1. The maximum absolute atomic E-state index is 12.5. The van der Waals surface area contributed by atoms with Crippen molar-refractivity contribution in [1.29, 1.82) is 5.26 Å². The molecule has 0 spiro atoms. The third kappa shape index (κ3) is 4.77. The Hall–Kier alpha value is -3.35. The fraction of sp³-hybridized carbons (Fsp3) is 0.533. The maximum Gasteiger partial charge on any atom is 0.246 e. The number of rotatable bonds is 6. The van der Waals surface area contributed by atoms with Gasteiger partial charge < -0.3 is 24.5 Å². The second-order valence-corrected chi connectivity index (χ2v) is 12.0. The van der Waals surface area contributed by atoms with Gasteiger partial charge in [0.2, 0.25) is 11.9 Å². The zero-order chi connectivity index (χ0) is 28.0. The summed E-state index contributed by atoms with van der Waals surface area (Å²) in [5.41, 5.74) is 4.84. The van der Waals surface area contributed by atoms with Crippen LogP contribution < -0.4 is 14.7 Å². The molecular formula is C30H37ClN8O. The smallest absolute Gasteiger partial charge is 0.246 e. The highest BCUT2D eigenvalue weighted by Gasteiger charge is 2.38. The van der Waals surface area contributed by atoms with Crippen LogP contribution in [0.2, 0.25) is 5.02 Å². The Morgan fingerprint density at radius 2 is 2.00 bits per heavy atom. The Labute approximate surface area is 241 Å². The van der Waals surface area contributed by atoms with Crippen molar-refractivity contribution in [2.45, 2.75) is 50.2 Å². The second-order valence-electron chi connectivity index (χ2n) is 11.6. The Morgan fingerprint density at radius 3 is 2.75 bits per heavy atom. The maximum atomic E-state index is 12.5. The number of benzene rings is 1. The first kappa shape index (κ1) is 26.9. The molecule has 210 valence electrons. The highest BCUT2D eigenvalue weighted by Crippen LogP contribution is 2.40. The van der Waals surface area contributed by atoms with Gasteiger partial charge in [0, 0.05) is 63.3 Å². The van der Waals surface area contributed by atoms with Gasteiger partial charge in [-0.25, -0.2) is 4.98 Å². The predicted octanol–water partition coefficient (Wildman–Crippen LogP) is 2.92. The molecule has 4 aliphatic rings. The highest BCUT2D eigenvalue weighted by atomic mass is 35.5. The largest absolute Gasteiger partial charge is 0.366 e. The molecule has 3 aliphatic heterocycles. The summed E-state index contributed by atoms with van der Waals surface area (Å²) in [6, 6.07) is 9.14. The number of nitriles is 1. The number of nitrogens with zero attached hydrogens (tertiary/aromatic N) is 8. The lowest BCUT2D eigenvalue weighted by atomic mass is 9.90. The molecule has 6 rings (SSSR count). The van der Waals surface area contributed by atoms with E-state index in [9.17, 15) is 10.1 Å². The highest BCUT2D eigenvalue weighted by molar-refractivity contribution is 6.33. The first-order valence-electron chi connectivity index (χ1n) is 14.3. The van der Waals surface area contributed by atoms with Crippen molar-refractivity contribution in [2.24, 2.45) is 0 Å². The summed E-state index contributed by atoms with van der Waals surface area (Å²) in [4.78, 5) is 33.9. The number of amides is 1. The van der Waals surface area contributed by atoms with Gasteiger partial charge in [-0.2, -0.15) is 10.2 Å². The van der Waals surface area contributed by atoms with Crippen LogP contribution in [0.3, 0.4) is 0 Å². The minimum Gasteiger partial charge on any atom is -0.366 e. The van der Waals surface area contributed by atoms with E-state index in [4.69, 9.17) is 21.6 Å². The number of anilines is 3. The molecule has 1 aliphatic carbocycles. The lowest BCUT2D eigenvalue weighted by Gasteiger charge is -2.45. The summed E-state index contributed by atoms with van der Waals surface area (Å²) < 4.78 is 0. The van der Waals surface area contributed by atoms with E-state index >= 15 is 0 Å². The van der Waals surface area contributed by atoms with Gasteiger partial charge in [0.1, 0.15) is 5.82 Å². The van der Waals surface area contributed by atoms with Crippen LogP contribution in [0.25, 0.3) is 0 Å². The van der Waals surface area contributed by atoms with Gasteiger partial charge in [-0.1, -0.05) is 30.3 Å². The average molecular weight is 561 g/mol. The predicted molar refractivity (Wildman–Crippen MR) is 158 cm³/mol. The molecule has 0 saturated carbocycles. The fourth-order valence-electron chi connectivity index (χ4n) is 6.72. The topological polar surface area (TPSA) is 82.8 Å². The van der Waals surface area contributed by atoms with E-state index in [1.165, 1.54) is 22.9 Å². The van der Waals surface area contributed by atoms with E-state index in [2.05, 4.69) is 52.4 Å². The molecule has 0 N–H and O–H groups in total. The molecule has 40 heavy (non-hydrogen) atoms. The first-order chi connectivity index (χ1) is 19.4. The molecule has 2 aromatic rings. The van der Waals surface area contributed by atoms with Crippen molar-refractivity contribution < 1.29 is 4.79 Å². The van der Waals surface area contributed by atoms with Crippen molar-refractivity contribution in [3.63, 3.8) is 0 Å². The van der Waals surface area contributed by atoms with E-state index < -0.39 is 0 Å². The minimum atomic E-state index is -0.194. The van der Waals surface area contributed by atoms with Crippen LogP contribution in [0.5, 0.6) is 0 Å². The fourth-order valence-corrected chi connectivity index (χ4v) is 7.02. The Balaban J connectivity index is 1.32. The van der Waals surface area contributed by atoms with Crippen LogP contribution in [0.1, 0.15) is 29.7 Å². The molecule has 10 heteroatoms. The van der Waals surface area contributed by atoms with Gasteiger partial charge in [-0.05, 0) is 51.1 Å². The average Bonchev–Trinajstić information content (AvgIpc) is 3.36. The molecule has 0 radical (unpaired) electrons. The monoisotopic (exact) mass is 560 g/mol. The van der Waals surface area contributed by atoms with Gasteiger partial charge in [0.15, 0.2) is 0 Å². The quantitative estimate of drug-likeness (QED) is 0.499. The standard InChI is InChI=1S/C30H37ClN8O/c1-4-27(40)38-15-14-36(17-22(38)10-12-32)29-24-9-8-21(39-13-11-20-6-5-7-25(31)28(20)39)16-26(24)33-30(34-29)37-18-23(19-37)35(2)3/h4-7,21-23H,1,8-11,13-19H2,2-3H3. The van der Waals surface area contributed by atoms with Crippen LogP contribution in [-0.2, 0) is 24.1 Å². The molecule has 9 nitrogen and oxygen atoms in total. The number of halogens is 1. The molecule has 2 unspecified atom stereocenters. The van der Waals surface area contributed by atoms with E-state index in [0.717, 1.165) is 67.8 Å². The van der Waals surface area contributed by atoms with Crippen molar-refractivity contribution in [2.75, 3.05) is 68.1 Å². The van der Waals surface area contributed by atoms with Crippen LogP contribution >= 0.6 is 11.6 Å². The van der Waals surface area contributed by atoms with Crippen LogP contribution in [-0.4, -0.2) is 97.2 Å². The summed E-state index contributed by atoms with van der Waals surface area (Å²) in [6.45, 7) is 8.25. The van der Waals surface area contributed by atoms with E-state index in [1.807, 2.05) is 12.1 Å². The first-order valence-corrected chi connectivity index (χ1v) is 14.7. The van der Waals surface area contributed by atoms with Crippen LogP contribution in [0.4, 0.5) is 17.5 Å². The van der Waals surface area contributed by atoms with Gasteiger partial charge in [0.25, 0.3) is 0 Å². The van der Waals surface area contributed by atoms with Crippen LogP contribution in [0.15, 0.2) is 30.9 Å². The number of aromatic nitrogens is 2. The number of likely N-dealkylation sites (N-methyl/N-ethyl adjacent to an activating group) is 1. The summed E-state index contributed by atoms with van der Waals surface area (Å²) in [5, 5.41) is 10.3. The second kappa shape index (κ2) is 10.9. The molecule has 2 saturated heterocycles. The molecular weight excluding hydrogens is 524 g/mol. The van der Waals surface area contributed by atoms with Crippen molar-refractivity contribution in [1.82, 2.24) is 19.8 Å². The lowest BCUT2D eigenvalue weighted by molar-refractivity contribution is -0.128. The zero-order valence-electron chi connectivity index (χ0n) is 23.4. The number of fused-ring (bicyclic) bond motifs is 2. The molecule has 1 aromatic heterocycles. The van der Waals surface area contributed by atoms with Crippen molar-refractivity contribution in [3.05, 3.63) is 52.7 Å². The molecule has 1 amide bonds. The van der Waals surface area contributed by atoms with E-state index in [-0.39, 0.29) is 18.4 Å².